The first-order chi connectivity index (χ1) is 7.11. The van der Waals surface area contributed by atoms with Crippen LogP contribution in [0.2, 0.25) is 0 Å². The molecule has 0 aromatic carbocycles. The molecule has 4 N–H and O–H groups in total. The van der Waals surface area contributed by atoms with E-state index in [0.717, 1.165) is 20.8 Å². The van der Waals surface area contributed by atoms with E-state index in [1.54, 1.807) is 0 Å². The van der Waals surface area contributed by atoms with Crippen molar-refractivity contribution in [2.75, 3.05) is 13.1 Å². The van der Waals surface area contributed by atoms with Crippen molar-refractivity contribution in [3.8, 4) is 0 Å². The van der Waals surface area contributed by atoms with Crippen LogP contribution in [-0.4, -0.2) is 31.0 Å². The molecule has 0 spiro atoms. The molecule has 0 atom stereocenters. The number of nitrogens with two attached hydrogens (primary N) is 2. The molecule has 0 bridgehead atoms. The number of carbonyl (C=O) groups is 3. The first kappa shape index (κ1) is 29.7. The molecule has 0 aliphatic heterocycles. The Hall–Kier alpha value is -1.05. The number of rotatable bonds is 1. The summed E-state index contributed by atoms with van der Waals surface area (Å²) in [7, 11) is 0. The third-order valence-electron chi connectivity index (χ3n) is 0.167. The Bertz CT molecular complexity index is 146. The van der Waals surface area contributed by atoms with Crippen LogP contribution < -0.4 is 26.8 Å². The second-order valence-electron chi connectivity index (χ2n) is 2.05. The maximum absolute atomic E-state index is 8.89. The summed E-state index contributed by atoms with van der Waals surface area (Å²) in [5, 5.41) is 26.7. The normalized spacial score (nSPS) is 6.18. The quantitative estimate of drug-likeness (QED) is 0.447. The maximum Gasteiger partial charge on any atom is 3.00 e. The van der Waals surface area contributed by atoms with Gasteiger partial charge in [-0.2, -0.15) is 0 Å². The van der Waals surface area contributed by atoms with Gasteiger partial charge < -0.3 is 41.2 Å². The molecule has 104 valence electrons. The molecule has 0 amide bonds. The van der Waals surface area contributed by atoms with Crippen LogP contribution in [0.4, 0.5) is 0 Å². The SMILES string of the molecule is CC(=O)[O-].CC(=O)[O-].CC(=O)[O-].NCCN.[Rh+3]. The van der Waals surface area contributed by atoms with E-state index < -0.39 is 17.9 Å². The molecule has 0 aromatic heterocycles. The van der Waals surface area contributed by atoms with E-state index >= 15 is 0 Å². The van der Waals surface area contributed by atoms with Gasteiger partial charge in [0.2, 0.25) is 0 Å². The minimum absolute atomic E-state index is 0. The second-order valence-corrected chi connectivity index (χ2v) is 2.05. The van der Waals surface area contributed by atoms with E-state index in [0.29, 0.717) is 13.1 Å². The van der Waals surface area contributed by atoms with Gasteiger partial charge in [-0.15, -0.1) is 0 Å². The van der Waals surface area contributed by atoms with Crippen molar-refractivity contribution in [2.24, 2.45) is 11.5 Å². The van der Waals surface area contributed by atoms with Crippen LogP contribution in [0.15, 0.2) is 0 Å². The van der Waals surface area contributed by atoms with Crippen LogP contribution in [0.5, 0.6) is 0 Å². The average Bonchev–Trinajstić information content (AvgIpc) is 2.00. The van der Waals surface area contributed by atoms with Crippen LogP contribution in [0.3, 0.4) is 0 Å². The molecule has 8 nitrogen and oxygen atoms in total. The van der Waals surface area contributed by atoms with Crippen LogP contribution in [0.25, 0.3) is 0 Å². The summed E-state index contributed by atoms with van der Waals surface area (Å²) >= 11 is 0. The van der Waals surface area contributed by atoms with Crippen molar-refractivity contribution in [1.82, 2.24) is 0 Å². The maximum atomic E-state index is 8.89. The first-order valence-corrected chi connectivity index (χ1v) is 4.04. The van der Waals surface area contributed by atoms with Gasteiger partial charge in [0.15, 0.2) is 0 Å². The van der Waals surface area contributed by atoms with E-state index in [1.807, 2.05) is 0 Å². The van der Waals surface area contributed by atoms with E-state index in [1.165, 1.54) is 0 Å². The van der Waals surface area contributed by atoms with Crippen molar-refractivity contribution in [3.05, 3.63) is 0 Å². The Balaban J connectivity index is -0.0000000369. The molecular weight excluding hydrogens is 323 g/mol. The molecule has 0 saturated carbocycles. The topological polar surface area (TPSA) is 172 Å². The number of carboxylic acids is 3. The van der Waals surface area contributed by atoms with Crippen LogP contribution >= 0.6 is 0 Å². The summed E-state index contributed by atoms with van der Waals surface area (Å²) in [5.74, 6) is -3.25. The molecule has 0 unspecified atom stereocenters. The molecule has 9 heteroatoms. The average molecular weight is 340 g/mol. The van der Waals surface area contributed by atoms with Crippen LogP contribution in [0, 0.1) is 0 Å². The smallest absolute Gasteiger partial charge is 0.550 e. The van der Waals surface area contributed by atoms with E-state index in [-0.39, 0.29) is 19.5 Å². The summed E-state index contributed by atoms with van der Waals surface area (Å²) < 4.78 is 0. The van der Waals surface area contributed by atoms with Gasteiger partial charge in [0.1, 0.15) is 0 Å². The van der Waals surface area contributed by atoms with Gasteiger partial charge in [-0.1, -0.05) is 0 Å². The molecule has 0 aliphatic rings. The van der Waals surface area contributed by atoms with Gasteiger partial charge in [-0.05, 0) is 20.8 Å². The minimum atomic E-state index is -1.08. The molecule has 0 heterocycles. The standard InChI is InChI=1S/C2H8N2.3C2H4O2.Rh/c3-1-2-4;3*1-2(3)4;/h1-4H2;3*1H3,(H,3,4);/q;;;;+3/p-3. The predicted octanol–water partition coefficient (Wildman–Crippen LogP) is -4.83. The number of hydrogen-bond donors (Lipinski definition) is 2. The van der Waals surface area contributed by atoms with Crippen molar-refractivity contribution >= 4 is 17.9 Å². The first-order valence-electron chi connectivity index (χ1n) is 4.04. The van der Waals surface area contributed by atoms with Crippen molar-refractivity contribution in [2.45, 2.75) is 20.8 Å². The molecule has 0 saturated heterocycles. The Morgan fingerprint density at radius 2 is 0.824 bits per heavy atom. The summed E-state index contributed by atoms with van der Waals surface area (Å²) in [6.45, 7) is 4.11. The second kappa shape index (κ2) is 29.4. The van der Waals surface area contributed by atoms with Crippen LogP contribution in [0.1, 0.15) is 20.8 Å². The number of carbonyl (C=O) groups excluding carboxylic acids is 3. The van der Waals surface area contributed by atoms with E-state index in [4.69, 9.17) is 41.2 Å². The fourth-order valence-electron chi connectivity index (χ4n) is 0. The summed E-state index contributed by atoms with van der Waals surface area (Å²) in [6.07, 6.45) is 0. The van der Waals surface area contributed by atoms with Gasteiger partial charge >= 0.3 is 19.5 Å². The predicted molar refractivity (Wildman–Crippen MR) is 50.2 cm³/mol. The molecule has 0 radical (unpaired) electrons. The van der Waals surface area contributed by atoms with Gasteiger partial charge in [0, 0.05) is 31.0 Å². The molecule has 0 fully saturated rings. The Morgan fingerprint density at radius 3 is 0.824 bits per heavy atom. The Morgan fingerprint density at radius 1 is 0.765 bits per heavy atom. The Labute approximate surface area is 113 Å². The zero-order valence-corrected chi connectivity index (χ0v) is 11.5. The zero-order chi connectivity index (χ0) is 14.1. The zero-order valence-electron chi connectivity index (χ0n) is 9.85. The van der Waals surface area contributed by atoms with Gasteiger partial charge in [0.25, 0.3) is 0 Å². The van der Waals surface area contributed by atoms with Gasteiger partial charge in [-0.3, -0.25) is 0 Å². The van der Waals surface area contributed by atoms with Gasteiger partial charge in [-0.25, -0.2) is 0 Å². The molecular formula is C8H17N2O6Rh. The molecule has 0 aliphatic carbocycles. The minimum Gasteiger partial charge on any atom is -0.550 e. The summed E-state index contributed by atoms with van der Waals surface area (Å²) in [5.41, 5.74) is 9.81. The van der Waals surface area contributed by atoms with Gasteiger partial charge in [0.05, 0.1) is 0 Å². The van der Waals surface area contributed by atoms with Crippen molar-refractivity contribution in [3.63, 3.8) is 0 Å². The summed E-state index contributed by atoms with van der Waals surface area (Å²) in [4.78, 5) is 26.7. The van der Waals surface area contributed by atoms with Crippen molar-refractivity contribution < 1.29 is 49.2 Å². The number of carboxylic acid groups (broad SMARTS) is 3. The third-order valence-corrected chi connectivity index (χ3v) is 0.167. The Kier molecular flexibility index (Phi) is 51.4. The fourth-order valence-corrected chi connectivity index (χ4v) is 0. The monoisotopic (exact) mass is 340 g/mol. The number of hydrogen-bond acceptors (Lipinski definition) is 8. The van der Waals surface area contributed by atoms with Crippen molar-refractivity contribution in [1.29, 1.82) is 0 Å². The summed E-state index contributed by atoms with van der Waals surface area (Å²) in [6, 6.07) is 0. The fraction of sp³-hybridized carbons (Fsp3) is 0.625. The molecule has 17 heavy (non-hydrogen) atoms. The number of aliphatic carboxylic acids is 3. The van der Waals surface area contributed by atoms with E-state index in [9.17, 15) is 0 Å². The molecule has 0 aromatic rings. The van der Waals surface area contributed by atoms with E-state index in [2.05, 4.69) is 0 Å². The molecule has 0 rings (SSSR count). The van der Waals surface area contributed by atoms with Crippen LogP contribution in [-0.2, 0) is 33.9 Å². The third kappa shape index (κ3) is 1150000. The largest absolute Gasteiger partial charge is 3.00 e.